The molecule has 1 aromatic carbocycles. The maximum atomic E-state index is 9.48. The smallest absolute Gasteiger partial charge is 0.231 e. The predicted molar refractivity (Wildman–Crippen MR) is 83.2 cm³/mol. The summed E-state index contributed by atoms with van der Waals surface area (Å²) in [7, 11) is 0. The van der Waals surface area contributed by atoms with Gasteiger partial charge >= 0.3 is 0 Å². The van der Waals surface area contributed by atoms with E-state index in [-0.39, 0.29) is 6.79 Å². The van der Waals surface area contributed by atoms with Crippen LogP contribution in [-0.4, -0.2) is 24.9 Å². The first-order valence-electron chi connectivity index (χ1n) is 7.64. The highest BCUT2D eigenvalue weighted by molar-refractivity contribution is 5.86. The third-order valence-corrected chi connectivity index (χ3v) is 4.49. The van der Waals surface area contributed by atoms with Crippen LogP contribution < -0.4 is 14.4 Å². The van der Waals surface area contributed by atoms with Crippen molar-refractivity contribution in [2.45, 2.75) is 19.8 Å². The molecule has 5 nitrogen and oxygen atoms in total. The molecule has 3 heterocycles. The normalized spacial score (nSPS) is 17.7. The van der Waals surface area contributed by atoms with Crippen LogP contribution in [0.15, 0.2) is 18.2 Å². The van der Waals surface area contributed by atoms with Crippen molar-refractivity contribution in [3.63, 3.8) is 0 Å². The van der Waals surface area contributed by atoms with E-state index >= 15 is 0 Å². The highest BCUT2D eigenvalue weighted by atomic mass is 16.7. The van der Waals surface area contributed by atoms with Crippen molar-refractivity contribution in [1.29, 1.82) is 5.26 Å². The molecule has 0 N–H and O–H groups in total. The van der Waals surface area contributed by atoms with E-state index in [0.717, 1.165) is 60.1 Å². The monoisotopic (exact) mass is 295 g/mol. The Hall–Kier alpha value is -2.48. The Bertz CT molecular complexity index is 774. The van der Waals surface area contributed by atoms with Gasteiger partial charge in [-0.15, -0.1) is 0 Å². The van der Waals surface area contributed by atoms with Gasteiger partial charge in [0.05, 0.1) is 11.1 Å². The molecule has 0 amide bonds. The van der Waals surface area contributed by atoms with Gasteiger partial charge in [0.25, 0.3) is 0 Å². The van der Waals surface area contributed by atoms with Gasteiger partial charge in [-0.25, -0.2) is 4.98 Å². The molecule has 0 radical (unpaired) electrons. The molecule has 22 heavy (non-hydrogen) atoms. The molecule has 0 spiro atoms. The van der Waals surface area contributed by atoms with Crippen molar-refractivity contribution >= 4 is 16.7 Å². The van der Waals surface area contributed by atoms with E-state index in [9.17, 15) is 5.26 Å². The molecule has 112 valence electrons. The maximum Gasteiger partial charge on any atom is 0.231 e. The Kier molecular flexibility index (Phi) is 3.04. The van der Waals surface area contributed by atoms with Crippen LogP contribution in [0, 0.1) is 17.2 Å². The van der Waals surface area contributed by atoms with Crippen molar-refractivity contribution in [1.82, 2.24) is 4.98 Å². The number of ether oxygens (including phenoxy) is 2. The molecule has 0 bridgehead atoms. The van der Waals surface area contributed by atoms with E-state index < -0.39 is 0 Å². The van der Waals surface area contributed by atoms with E-state index in [2.05, 4.69) is 17.9 Å². The van der Waals surface area contributed by atoms with Gasteiger partial charge in [-0.3, -0.25) is 0 Å². The lowest BCUT2D eigenvalue weighted by atomic mass is 9.99. The molecule has 0 unspecified atom stereocenters. The topological polar surface area (TPSA) is 58.4 Å². The summed E-state index contributed by atoms with van der Waals surface area (Å²) in [6, 6.07) is 7.98. The van der Waals surface area contributed by atoms with Crippen LogP contribution in [0.2, 0.25) is 0 Å². The average molecular weight is 295 g/mol. The van der Waals surface area contributed by atoms with Gasteiger partial charge in [-0.1, -0.05) is 6.92 Å². The molecule has 2 aliphatic heterocycles. The van der Waals surface area contributed by atoms with E-state index in [4.69, 9.17) is 14.5 Å². The summed E-state index contributed by atoms with van der Waals surface area (Å²) in [6.45, 7) is 4.43. The molecule has 0 atom stereocenters. The number of pyridine rings is 1. The summed E-state index contributed by atoms with van der Waals surface area (Å²) in [4.78, 5) is 6.96. The minimum absolute atomic E-state index is 0.244. The molecule has 0 aliphatic carbocycles. The number of piperidine rings is 1. The van der Waals surface area contributed by atoms with Crippen LogP contribution in [0.4, 0.5) is 5.82 Å². The number of hydrogen-bond acceptors (Lipinski definition) is 5. The second kappa shape index (κ2) is 5.06. The van der Waals surface area contributed by atoms with Gasteiger partial charge < -0.3 is 14.4 Å². The summed E-state index contributed by atoms with van der Waals surface area (Å²) in [5.41, 5.74) is 1.47. The molecule has 2 aliphatic rings. The van der Waals surface area contributed by atoms with Gasteiger partial charge in [0.2, 0.25) is 6.79 Å². The summed E-state index contributed by atoms with van der Waals surface area (Å²) < 4.78 is 10.8. The first-order chi connectivity index (χ1) is 10.7. The summed E-state index contributed by atoms with van der Waals surface area (Å²) in [5.74, 6) is 2.98. The first kappa shape index (κ1) is 13.2. The lowest BCUT2D eigenvalue weighted by Crippen LogP contribution is -2.34. The number of fused-ring (bicyclic) bond motifs is 2. The summed E-state index contributed by atoms with van der Waals surface area (Å²) >= 11 is 0. The third-order valence-electron chi connectivity index (χ3n) is 4.49. The van der Waals surface area contributed by atoms with Crippen LogP contribution in [0.25, 0.3) is 10.9 Å². The van der Waals surface area contributed by atoms with Crippen LogP contribution >= 0.6 is 0 Å². The number of rotatable bonds is 1. The largest absolute Gasteiger partial charge is 0.454 e. The quantitative estimate of drug-likeness (QED) is 0.809. The highest BCUT2D eigenvalue weighted by Gasteiger charge is 2.21. The molecule has 4 rings (SSSR count). The fraction of sp³-hybridized carbons (Fsp3) is 0.412. The van der Waals surface area contributed by atoms with Gasteiger partial charge in [0, 0.05) is 24.5 Å². The number of benzene rings is 1. The average Bonchev–Trinajstić information content (AvgIpc) is 2.99. The first-order valence-corrected chi connectivity index (χ1v) is 7.64. The van der Waals surface area contributed by atoms with Crippen molar-refractivity contribution in [3.05, 3.63) is 23.8 Å². The highest BCUT2D eigenvalue weighted by Crippen LogP contribution is 2.37. The van der Waals surface area contributed by atoms with Crippen LogP contribution in [0.3, 0.4) is 0 Å². The lowest BCUT2D eigenvalue weighted by Gasteiger charge is -2.31. The van der Waals surface area contributed by atoms with Gasteiger partial charge in [0.1, 0.15) is 11.9 Å². The number of anilines is 1. The zero-order chi connectivity index (χ0) is 15.1. The fourth-order valence-electron chi connectivity index (χ4n) is 3.10. The number of hydrogen-bond donors (Lipinski definition) is 0. The Labute approximate surface area is 129 Å². The van der Waals surface area contributed by atoms with Crippen molar-refractivity contribution in [2.24, 2.45) is 5.92 Å². The fourth-order valence-corrected chi connectivity index (χ4v) is 3.10. The van der Waals surface area contributed by atoms with E-state index in [1.165, 1.54) is 0 Å². The van der Waals surface area contributed by atoms with Gasteiger partial charge in [-0.05, 0) is 30.9 Å². The minimum Gasteiger partial charge on any atom is -0.454 e. The minimum atomic E-state index is 0.244. The number of nitrogens with zero attached hydrogens (tertiary/aromatic N) is 3. The van der Waals surface area contributed by atoms with Crippen LogP contribution in [-0.2, 0) is 0 Å². The molecule has 1 fully saturated rings. The molecule has 1 saturated heterocycles. The molecule has 1 aromatic heterocycles. The van der Waals surface area contributed by atoms with E-state index in [1.807, 2.05) is 18.2 Å². The SMILES string of the molecule is CC1CCN(c2nc3cc4c(cc3cc2C#N)OCO4)CC1. The molecule has 5 heteroatoms. The Balaban J connectivity index is 1.80. The zero-order valence-electron chi connectivity index (χ0n) is 12.5. The van der Waals surface area contributed by atoms with Gasteiger partial charge in [0.15, 0.2) is 11.5 Å². The van der Waals surface area contributed by atoms with Crippen molar-refractivity contribution in [3.8, 4) is 17.6 Å². The Morgan fingerprint density at radius 1 is 1.18 bits per heavy atom. The molecular weight excluding hydrogens is 278 g/mol. The third kappa shape index (κ3) is 2.12. The van der Waals surface area contributed by atoms with Crippen molar-refractivity contribution in [2.75, 3.05) is 24.8 Å². The number of nitriles is 1. The zero-order valence-corrected chi connectivity index (χ0v) is 12.5. The predicted octanol–water partition coefficient (Wildman–Crippen LogP) is 3.07. The second-order valence-corrected chi connectivity index (χ2v) is 6.04. The molecular formula is C17H17N3O2. The lowest BCUT2D eigenvalue weighted by molar-refractivity contribution is 0.174. The number of aromatic nitrogens is 1. The summed E-state index contributed by atoms with van der Waals surface area (Å²) in [6.07, 6.45) is 2.29. The van der Waals surface area contributed by atoms with E-state index in [1.54, 1.807) is 0 Å². The standard InChI is InChI=1S/C17H17N3O2/c1-11-2-4-20(5-3-11)17-13(9-18)6-12-7-15-16(22-10-21-15)8-14(12)19-17/h6-8,11H,2-5,10H2,1H3. The van der Waals surface area contributed by atoms with Crippen LogP contribution in [0.1, 0.15) is 25.3 Å². The van der Waals surface area contributed by atoms with Gasteiger partial charge in [-0.2, -0.15) is 5.26 Å². The Morgan fingerprint density at radius 2 is 1.91 bits per heavy atom. The summed E-state index contributed by atoms with van der Waals surface area (Å²) in [5, 5.41) is 10.4. The second-order valence-electron chi connectivity index (χ2n) is 6.04. The molecule has 0 saturated carbocycles. The Morgan fingerprint density at radius 3 is 2.64 bits per heavy atom. The maximum absolute atomic E-state index is 9.48. The van der Waals surface area contributed by atoms with Crippen LogP contribution in [0.5, 0.6) is 11.5 Å². The van der Waals surface area contributed by atoms with E-state index in [0.29, 0.717) is 5.56 Å². The molecule has 2 aromatic rings. The van der Waals surface area contributed by atoms with Crippen molar-refractivity contribution < 1.29 is 9.47 Å².